The van der Waals surface area contributed by atoms with Crippen molar-refractivity contribution in [3.63, 3.8) is 0 Å². The Labute approximate surface area is 199 Å². The van der Waals surface area contributed by atoms with Gasteiger partial charge in [-0.25, -0.2) is 4.79 Å². The first-order valence-electron chi connectivity index (χ1n) is 13.0. The van der Waals surface area contributed by atoms with Gasteiger partial charge in [0.05, 0.1) is 18.6 Å². The van der Waals surface area contributed by atoms with Crippen molar-refractivity contribution in [2.75, 3.05) is 39.9 Å². The van der Waals surface area contributed by atoms with Crippen molar-refractivity contribution in [3.8, 4) is 0 Å². The summed E-state index contributed by atoms with van der Waals surface area (Å²) in [5.41, 5.74) is 0.798. The van der Waals surface area contributed by atoms with Crippen molar-refractivity contribution in [2.45, 2.75) is 102 Å². The Morgan fingerprint density at radius 1 is 1.24 bits per heavy atom. The summed E-state index contributed by atoms with van der Waals surface area (Å²) in [6, 6.07) is 0.286. The first-order chi connectivity index (χ1) is 15.8. The molecule has 3 heterocycles. The third-order valence-electron chi connectivity index (χ3n) is 8.54. The monoisotopic (exact) mass is 464 g/mol. The zero-order chi connectivity index (χ0) is 23.8. The van der Waals surface area contributed by atoms with Gasteiger partial charge in [-0.15, -0.1) is 0 Å². The zero-order valence-electron chi connectivity index (χ0n) is 21.5. The molecule has 1 spiro atoms. The lowest BCUT2D eigenvalue weighted by Gasteiger charge is -2.45. The number of rotatable bonds is 10. The lowest BCUT2D eigenvalue weighted by molar-refractivity contribution is -0.125. The van der Waals surface area contributed by atoms with Crippen molar-refractivity contribution in [3.05, 3.63) is 11.6 Å². The summed E-state index contributed by atoms with van der Waals surface area (Å²) in [6.45, 7) is 15.4. The predicted octanol–water partition coefficient (Wildman–Crippen LogP) is 4.01. The van der Waals surface area contributed by atoms with E-state index in [4.69, 9.17) is 18.9 Å². The summed E-state index contributed by atoms with van der Waals surface area (Å²) >= 11 is 0. The fraction of sp³-hybridized carbons (Fsp3) is 0.885. The number of hydrogen-bond acceptors (Lipinski definition) is 6. The van der Waals surface area contributed by atoms with Gasteiger partial charge < -0.3 is 28.7 Å². The molecule has 4 aliphatic rings. The Balaban J connectivity index is 1.38. The van der Waals surface area contributed by atoms with Crippen LogP contribution < -0.4 is 0 Å². The molecule has 3 saturated heterocycles. The van der Waals surface area contributed by atoms with Gasteiger partial charge in [-0.1, -0.05) is 25.5 Å². The lowest BCUT2D eigenvalue weighted by atomic mass is 9.68. The van der Waals surface area contributed by atoms with Crippen LogP contribution >= 0.6 is 0 Å². The first kappa shape index (κ1) is 25.0. The van der Waals surface area contributed by atoms with Crippen LogP contribution in [0.4, 0.5) is 4.79 Å². The Kier molecular flexibility index (Phi) is 7.44. The number of amides is 1. The molecule has 7 nitrogen and oxygen atoms in total. The van der Waals surface area contributed by atoms with Gasteiger partial charge in [-0.3, -0.25) is 0 Å². The molecule has 7 atom stereocenters. The van der Waals surface area contributed by atoms with Gasteiger partial charge in [-0.05, 0) is 66.0 Å². The minimum atomic E-state index is -0.308. The molecule has 0 aromatic heterocycles. The summed E-state index contributed by atoms with van der Waals surface area (Å²) in [4.78, 5) is 17.4. The van der Waals surface area contributed by atoms with Crippen LogP contribution in [0, 0.1) is 5.92 Å². The fourth-order valence-electron chi connectivity index (χ4n) is 6.12. The molecule has 4 rings (SSSR count). The van der Waals surface area contributed by atoms with E-state index in [2.05, 4.69) is 45.6 Å². The van der Waals surface area contributed by atoms with Gasteiger partial charge in [0.2, 0.25) is 0 Å². The molecule has 1 amide bonds. The van der Waals surface area contributed by atoms with E-state index < -0.39 is 0 Å². The Morgan fingerprint density at radius 3 is 2.52 bits per heavy atom. The molecular weight excluding hydrogens is 420 g/mol. The standard InChI is InChI=1S/C26H44N2O5/c1-7-27(8-2)15-12-19-13-16-28(19)24(29)32-20-11-14-26(17-31-26)23(22(20)30-6)25(5)21(33-25)10-9-18(3)4/h9,19-23H,7-8,10-17H2,1-6H3/t19?,20-,21-,22-,23?,25+,26+/m1/s1. The summed E-state index contributed by atoms with van der Waals surface area (Å²) in [5, 5.41) is 0. The number of carbonyl (C=O) groups excluding carboxylic acids is 1. The third kappa shape index (κ3) is 4.97. The van der Waals surface area contributed by atoms with Gasteiger partial charge >= 0.3 is 6.09 Å². The number of methoxy groups -OCH3 is 1. The minimum absolute atomic E-state index is 0.0620. The van der Waals surface area contributed by atoms with Crippen LogP contribution in [0.25, 0.3) is 0 Å². The number of likely N-dealkylation sites (tertiary alicyclic amines) is 1. The van der Waals surface area contributed by atoms with Crippen molar-refractivity contribution in [1.29, 1.82) is 0 Å². The molecule has 0 aromatic rings. The maximum Gasteiger partial charge on any atom is 0.410 e. The molecule has 4 fully saturated rings. The predicted molar refractivity (Wildman–Crippen MR) is 127 cm³/mol. The van der Waals surface area contributed by atoms with E-state index in [1.165, 1.54) is 5.57 Å². The average molecular weight is 465 g/mol. The highest BCUT2D eigenvalue weighted by atomic mass is 16.6. The van der Waals surface area contributed by atoms with Crippen molar-refractivity contribution in [1.82, 2.24) is 9.80 Å². The second kappa shape index (κ2) is 9.84. The van der Waals surface area contributed by atoms with Gasteiger partial charge in [0.15, 0.2) is 0 Å². The molecule has 1 saturated carbocycles. The van der Waals surface area contributed by atoms with Gasteiger partial charge in [0.1, 0.15) is 23.4 Å². The zero-order valence-corrected chi connectivity index (χ0v) is 21.5. The van der Waals surface area contributed by atoms with Gasteiger partial charge in [0, 0.05) is 26.2 Å². The van der Waals surface area contributed by atoms with Crippen LogP contribution in [0.5, 0.6) is 0 Å². The molecule has 2 unspecified atom stereocenters. The van der Waals surface area contributed by atoms with Crippen LogP contribution in [-0.2, 0) is 18.9 Å². The first-order valence-corrected chi connectivity index (χ1v) is 13.0. The Hall–Kier alpha value is -1.15. The quantitative estimate of drug-likeness (QED) is 0.360. The molecule has 0 bridgehead atoms. The number of allylic oxidation sites excluding steroid dienone is 1. The number of nitrogens with zero attached hydrogens (tertiary/aromatic N) is 2. The highest BCUT2D eigenvalue weighted by Crippen LogP contribution is 2.59. The van der Waals surface area contributed by atoms with E-state index in [0.29, 0.717) is 0 Å². The van der Waals surface area contributed by atoms with Crippen molar-refractivity contribution < 1.29 is 23.7 Å². The smallest absolute Gasteiger partial charge is 0.410 e. The summed E-state index contributed by atoms with van der Waals surface area (Å²) in [5.74, 6) is 0.0620. The number of epoxide rings is 2. The summed E-state index contributed by atoms with van der Waals surface area (Å²) < 4.78 is 24.4. The number of ether oxygens (including phenoxy) is 4. The third-order valence-corrected chi connectivity index (χ3v) is 8.54. The van der Waals surface area contributed by atoms with Crippen molar-refractivity contribution >= 4 is 6.09 Å². The minimum Gasteiger partial charge on any atom is -0.443 e. The van der Waals surface area contributed by atoms with Gasteiger partial charge in [-0.2, -0.15) is 0 Å². The van der Waals surface area contributed by atoms with Crippen LogP contribution in [0.15, 0.2) is 11.6 Å². The molecule has 7 heteroatoms. The van der Waals surface area contributed by atoms with Crippen molar-refractivity contribution in [2.24, 2.45) is 5.92 Å². The van der Waals surface area contributed by atoms with E-state index in [-0.39, 0.29) is 47.6 Å². The molecule has 188 valence electrons. The molecule has 3 aliphatic heterocycles. The van der Waals surface area contributed by atoms with Gasteiger partial charge in [0.25, 0.3) is 0 Å². The Morgan fingerprint density at radius 2 is 1.97 bits per heavy atom. The van der Waals surface area contributed by atoms with E-state index in [0.717, 1.165) is 64.9 Å². The second-order valence-corrected chi connectivity index (χ2v) is 10.8. The topological polar surface area (TPSA) is 67.1 Å². The number of carbonyl (C=O) groups is 1. The van der Waals surface area contributed by atoms with E-state index >= 15 is 0 Å². The van der Waals surface area contributed by atoms with E-state index in [1.807, 2.05) is 4.90 Å². The fourth-order valence-corrected chi connectivity index (χ4v) is 6.12. The SMILES string of the molecule is CCN(CC)CCC1CCN1C(=O)O[C@@H]1CC[C@]2(CO2)C([C@@]2(C)O[C@@H]2CC=C(C)C)[C@@H]1OC. The Bertz CT molecular complexity index is 730. The van der Waals surface area contributed by atoms with E-state index in [9.17, 15) is 4.79 Å². The maximum atomic E-state index is 13.1. The summed E-state index contributed by atoms with van der Waals surface area (Å²) in [6.07, 6.45) is 6.34. The average Bonchev–Trinajstić information content (AvgIpc) is 3.67. The second-order valence-electron chi connectivity index (χ2n) is 10.8. The molecule has 0 aromatic carbocycles. The molecule has 1 aliphatic carbocycles. The normalized spacial score (nSPS) is 39.4. The lowest BCUT2D eigenvalue weighted by Crippen LogP contribution is -2.58. The molecular formula is C26H44N2O5. The highest BCUT2D eigenvalue weighted by Gasteiger charge is 2.72. The largest absolute Gasteiger partial charge is 0.443 e. The van der Waals surface area contributed by atoms with Crippen LogP contribution in [-0.4, -0.2) is 91.3 Å². The molecule has 0 radical (unpaired) electrons. The van der Waals surface area contributed by atoms with E-state index in [1.54, 1.807) is 7.11 Å². The summed E-state index contributed by atoms with van der Waals surface area (Å²) in [7, 11) is 1.73. The molecule has 0 N–H and O–H groups in total. The van der Waals surface area contributed by atoms with Crippen LogP contribution in [0.3, 0.4) is 0 Å². The highest BCUT2D eigenvalue weighted by molar-refractivity contribution is 5.69. The number of hydrogen-bond donors (Lipinski definition) is 0. The van der Waals surface area contributed by atoms with Crippen LogP contribution in [0.2, 0.25) is 0 Å². The maximum absolute atomic E-state index is 13.1. The molecule has 33 heavy (non-hydrogen) atoms. The van der Waals surface area contributed by atoms with Crippen LogP contribution in [0.1, 0.15) is 66.7 Å².